The first-order valence-corrected chi connectivity index (χ1v) is 5.82. The number of furan rings is 1. The highest BCUT2D eigenvalue weighted by molar-refractivity contribution is 5.79. The van der Waals surface area contributed by atoms with Crippen molar-refractivity contribution in [1.29, 1.82) is 0 Å². The molecule has 0 aliphatic rings. The molecule has 104 valence electrons. The highest BCUT2D eigenvalue weighted by Gasteiger charge is 2.25. The number of ether oxygens (including phenoxy) is 1. The molecule has 1 aromatic carbocycles. The zero-order valence-electron chi connectivity index (χ0n) is 10.4. The molecule has 0 aliphatic heterocycles. The van der Waals surface area contributed by atoms with Gasteiger partial charge in [-0.25, -0.2) is 0 Å². The second-order valence-electron chi connectivity index (χ2n) is 4.16. The predicted octanol–water partition coefficient (Wildman–Crippen LogP) is 3.48. The Morgan fingerprint density at radius 2 is 2.05 bits per heavy atom. The maximum atomic E-state index is 12.0. The van der Waals surface area contributed by atoms with E-state index in [1.54, 1.807) is 25.3 Å². The molecule has 3 nitrogen and oxygen atoms in total. The number of nitrogens with one attached hydrogen (secondary N) is 1. The summed E-state index contributed by atoms with van der Waals surface area (Å²) >= 11 is 0. The van der Waals surface area contributed by atoms with E-state index in [9.17, 15) is 13.2 Å². The van der Waals surface area contributed by atoms with E-state index in [4.69, 9.17) is 9.15 Å². The fourth-order valence-corrected chi connectivity index (χ4v) is 1.73. The fraction of sp³-hybridized carbons (Fsp3) is 0.385. The summed E-state index contributed by atoms with van der Waals surface area (Å²) in [6.07, 6.45) is -4.98. The Hall–Kier alpha value is -1.69. The standard InChI is InChI=1S/C13H14F3NO2/c1-18-10-2-3-12-9(6-10)7-11(19-12)8-17-5-4-13(14,15)16/h2-3,6-7,17H,4-5,8H2,1H3. The van der Waals surface area contributed by atoms with Gasteiger partial charge in [0, 0.05) is 11.9 Å². The minimum atomic E-state index is -4.13. The Bertz CT molecular complexity index is 548. The molecule has 1 heterocycles. The van der Waals surface area contributed by atoms with Crippen molar-refractivity contribution in [3.05, 3.63) is 30.0 Å². The molecule has 1 aromatic heterocycles. The van der Waals surface area contributed by atoms with Gasteiger partial charge >= 0.3 is 6.18 Å². The Labute approximate surface area is 108 Å². The van der Waals surface area contributed by atoms with Gasteiger partial charge in [-0.3, -0.25) is 0 Å². The van der Waals surface area contributed by atoms with Gasteiger partial charge in [-0.15, -0.1) is 0 Å². The summed E-state index contributed by atoms with van der Waals surface area (Å²) in [5, 5.41) is 3.57. The van der Waals surface area contributed by atoms with E-state index in [2.05, 4.69) is 5.32 Å². The molecule has 0 unspecified atom stereocenters. The smallest absolute Gasteiger partial charge is 0.390 e. The van der Waals surface area contributed by atoms with Gasteiger partial charge in [0.25, 0.3) is 0 Å². The molecule has 0 bridgehead atoms. The highest BCUT2D eigenvalue weighted by atomic mass is 19.4. The zero-order chi connectivity index (χ0) is 13.9. The number of alkyl halides is 3. The molecule has 0 amide bonds. The van der Waals surface area contributed by atoms with Gasteiger partial charge in [-0.1, -0.05) is 0 Å². The van der Waals surface area contributed by atoms with Gasteiger partial charge in [0.15, 0.2) is 0 Å². The Morgan fingerprint density at radius 1 is 1.26 bits per heavy atom. The molecule has 0 saturated heterocycles. The average molecular weight is 273 g/mol. The second-order valence-corrected chi connectivity index (χ2v) is 4.16. The van der Waals surface area contributed by atoms with E-state index in [-0.39, 0.29) is 13.1 Å². The number of hydrogen-bond acceptors (Lipinski definition) is 3. The largest absolute Gasteiger partial charge is 0.497 e. The first-order chi connectivity index (χ1) is 8.98. The van der Waals surface area contributed by atoms with Crippen molar-refractivity contribution in [3.8, 4) is 5.75 Å². The Balaban J connectivity index is 1.94. The molecule has 0 fully saturated rings. The number of rotatable bonds is 5. The molecular weight excluding hydrogens is 259 g/mol. The molecule has 0 atom stereocenters. The van der Waals surface area contributed by atoms with Crippen LogP contribution in [0.4, 0.5) is 13.2 Å². The lowest BCUT2D eigenvalue weighted by Crippen LogP contribution is -2.21. The summed E-state index contributed by atoms with van der Waals surface area (Å²) < 4.78 is 46.5. The summed E-state index contributed by atoms with van der Waals surface area (Å²) in [5.74, 6) is 1.32. The first kappa shape index (κ1) is 13.7. The van der Waals surface area contributed by atoms with Crippen molar-refractivity contribution in [2.24, 2.45) is 0 Å². The van der Waals surface area contributed by atoms with Crippen molar-refractivity contribution >= 4 is 11.0 Å². The topological polar surface area (TPSA) is 34.4 Å². The minimum Gasteiger partial charge on any atom is -0.497 e. The number of methoxy groups -OCH3 is 1. The fourth-order valence-electron chi connectivity index (χ4n) is 1.73. The summed E-state index contributed by atoms with van der Waals surface area (Å²) in [4.78, 5) is 0. The van der Waals surface area contributed by atoms with Crippen molar-refractivity contribution in [2.45, 2.75) is 19.1 Å². The third-order valence-corrected chi connectivity index (χ3v) is 2.66. The van der Waals surface area contributed by atoms with Crippen LogP contribution in [-0.4, -0.2) is 19.8 Å². The quantitative estimate of drug-likeness (QED) is 0.847. The predicted molar refractivity (Wildman–Crippen MR) is 65.1 cm³/mol. The molecule has 0 aliphatic carbocycles. The van der Waals surface area contributed by atoms with Crippen LogP contribution in [0.25, 0.3) is 11.0 Å². The molecule has 19 heavy (non-hydrogen) atoms. The van der Waals surface area contributed by atoms with E-state index in [1.807, 2.05) is 6.07 Å². The van der Waals surface area contributed by atoms with Crippen LogP contribution in [0.5, 0.6) is 5.75 Å². The summed E-state index contributed by atoms with van der Waals surface area (Å²) in [6, 6.07) is 7.15. The highest BCUT2D eigenvalue weighted by Crippen LogP contribution is 2.24. The van der Waals surface area contributed by atoms with Crippen LogP contribution in [0, 0.1) is 0 Å². The van der Waals surface area contributed by atoms with Gasteiger partial charge in [-0.2, -0.15) is 13.2 Å². The molecule has 0 spiro atoms. The molecule has 0 saturated carbocycles. The first-order valence-electron chi connectivity index (χ1n) is 5.82. The van der Waals surface area contributed by atoms with Crippen LogP contribution >= 0.6 is 0 Å². The van der Waals surface area contributed by atoms with Crippen molar-refractivity contribution < 1.29 is 22.3 Å². The van der Waals surface area contributed by atoms with Crippen LogP contribution in [0.1, 0.15) is 12.2 Å². The van der Waals surface area contributed by atoms with E-state index >= 15 is 0 Å². The molecule has 6 heteroatoms. The van der Waals surface area contributed by atoms with Gasteiger partial charge in [0.05, 0.1) is 20.1 Å². The summed E-state index contributed by atoms with van der Waals surface area (Å²) in [5.41, 5.74) is 0.688. The monoisotopic (exact) mass is 273 g/mol. The normalized spacial score (nSPS) is 12.0. The minimum absolute atomic E-state index is 0.121. The Morgan fingerprint density at radius 3 is 2.74 bits per heavy atom. The van der Waals surface area contributed by atoms with Crippen LogP contribution in [-0.2, 0) is 6.54 Å². The van der Waals surface area contributed by atoms with E-state index in [0.717, 1.165) is 5.39 Å². The van der Waals surface area contributed by atoms with Gasteiger partial charge in [0.2, 0.25) is 0 Å². The summed E-state index contributed by atoms with van der Waals surface area (Å²) in [7, 11) is 1.57. The lowest BCUT2D eigenvalue weighted by molar-refractivity contribution is -0.133. The van der Waals surface area contributed by atoms with Crippen molar-refractivity contribution in [1.82, 2.24) is 5.32 Å². The number of halogens is 3. The summed E-state index contributed by atoms with van der Waals surface area (Å²) in [6.45, 7) is 0.150. The number of hydrogen-bond donors (Lipinski definition) is 1. The van der Waals surface area contributed by atoms with Gasteiger partial charge in [0.1, 0.15) is 17.1 Å². The molecule has 0 radical (unpaired) electrons. The van der Waals surface area contributed by atoms with E-state index < -0.39 is 12.6 Å². The lowest BCUT2D eigenvalue weighted by atomic mass is 10.2. The zero-order valence-corrected chi connectivity index (χ0v) is 10.4. The van der Waals surface area contributed by atoms with Crippen LogP contribution in [0.3, 0.4) is 0 Å². The van der Waals surface area contributed by atoms with Crippen molar-refractivity contribution in [2.75, 3.05) is 13.7 Å². The van der Waals surface area contributed by atoms with Crippen LogP contribution in [0.2, 0.25) is 0 Å². The molecule has 2 rings (SSSR count). The number of benzene rings is 1. The maximum Gasteiger partial charge on any atom is 0.390 e. The van der Waals surface area contributed by atoms with Crippen LogP contribution < -0.4 is 10.1 Å². The van der Waals surface area contributed by atoms with Crippen molar-refractivity contribution in [3.63, 3.8) is 0 Å². The molecule has 1 N–H and O–H groups in total. The molecule has 2 aromatic rings. The molecular formula is C13H14F3NO2. The second kappa shape index (κ2) is 5.52. The van der Waals surface area contributed by atoms with Gasteiger partial charge < -0.3 is 14.5 Å². The van der Waals surface area contributed by atoms with Crippen LogP contribution in [0.15, 0.2) is 28.7 Å². The van der Waals surface area contributed by atoms with Gasteiger partial charge in [-0.05, 0) is 24.3 Å². The SMILES string of the molecule is COc1ccc2oc(CNCCC(F)(F)F)cc2c1. The lowest BCUT2D eigenvalue weighted by Gasteiger charge is -2.06. The van der Waals surface area contributed by atoms with E-state index in [0.29, 0.717) is 17.1 Å². The third-order valence-electron chi connectivity index (χ3n) is 2.66. The maximum absolute atomic E-state index is 12.0. The third kappa shape index (κ3) is 3.89. The Kier molecular flexibility index (Phi) is 3.99. The average Bonchev–Trinajstić information content (AvgIpc) is 2.75. The number of fused-ring (bicyclic) bond motifs is 1. The van der Waals surface area contributed by atoms with E-state index in [1.165, 1.54) is 0 Å².